The summed E-state index contributed by atoms with van der Waals surface area (Å²) in [6, 6.07) is 0. The fourth-order valence-electron chi connectivity index (χ4n) is 0.0514. The molecule has 0 heterocycles. The Morgan fingerprint density at radius 2 is 2.43 bits per heavy atom. The fraction of sp³-hybridized carbons (Fsp3) is 1.00. The van der Waals surface area contributed by atoms with Gasteiger partial charge < -0.3 is 4.55 Å². The predicted molar refractivity (Wildman–Crippen MR) is 29.1 cm³/mol. The van der Waals surface area contributed by atoms with Crippen molar-refractivity contribution >= 4 is 22.7 Å². The van der Waals surface area contributed by atoms with E-state index >= 15 is 0 Å². The Balaban J connectivity index is 3.34. The molecule has 4 heteroatoms. The highest BCUT2D eigenvalue weighted by Gasteiger charge is 1.95. The molecule has 0 amide bonds. The first-order valence-electron chi connectivity index (χ1n) is 1.82. The zero-order chi connectivity index (χ0) is 5.86. The van der Waals surface area contributed by atoms with E-state index in [0.29, 0.717) is 0 Å². The molecule has 2 atom stereocenters. The van der Waals surface area contributed by atoms with Crippen molar-refractivity contribution < 1.29 is 8.76 Å². The largest absolute Gasteiger partial charge is 0.772 e. The maximum absolute atomic E-state index is 9.85. The molecule has 0 spiro atoms. The number of alkyl halides is 1. The maximum atomic E-state index is 9.85. The summed E-state index contributed by atoms with van der Waals surface area (Å²) in [7, 11) is 0. The molecule has 0 aliphatic heterocycles. The number of hydrogen-bond acceptors (Lipinski definition) is 2. The molecule has 0 fully saturated rings. The van der Waals surface area contributed by atoms with Crippen LogP contribution < -0.4 is 0 Å². The van der Waals surface area contributed by atoms with Gasteiger partial charge in [0.2, 0.25) is 0 Å². The highest BCUT2D eigenvalue weighted by molar-refractivity contribution is 7.79. The molecule has 2 unspecified atom stereocenters. The smallest absolute Gasteiger partial charge is 0.0353 e. The van der Waals surface area contributed by atoms with Crippen LogP contribution >= 0.6 is 11.6 Å². The van der Waals surface area contributed by atoms with Gasteiger partial charge in [0.1, 0.15) is 0 Å². The first-order valence-corrected chi connectivity index (χ1v) is 3.49. The lowest BCUT2D eigenvalue weighted by molar-refractivity contribution is 0.529. The van der Waals surface area contributed by atoms with E-state index < -0.39 is 16.3 Å². The second kappa shape index (κ2) is 3.41. The van der Waals surface area contributed by atoms with Crippen molar-refractivity contribution in [2.24, 2.45) is 0 Å². The van der Waals surface area contributed by atoms with E-state index in [9.17, 15) is 8.76 Å². The number of halogens is 1. The van der Waals surface area contributed by atoms with Crippen LogP contribution in [-0.2, 0) is 11.1 Å². The van der Waals surface area contributed by atoms with Crippen LogP contribution in [0.15, 0.2) is 0 Å². The SMILES string of the molecule is CC(CCl)S(=O)[O-]. The topological polar surface area (TPSA) is 40.1 Å². The van der Waals surface area contributed by atoms with Crippen LogP contribution in [0.4, 0.5) is 0 Å². The Hall–Kier alpha value is 0.400. The van der Waals surface area contributed by atoms with Crippen LogP contribution in [0.25, 0.3) is 0 Å². The molecule has 0 aromatic carbocycles. The summed E-state index contributed by atoms with van der Waals surface area (Å²) in [5, 5.41) is -0.415. The Morgan fingerprint density at radius 1 is 2.00 bits per heavy atom. The van der Waals surface area contributed by atoms with E-state index in [1.165, 1.54) is 0 Å². The van der Waals surface area contributed by atoms with Gasteiger partial charge in [-0.05, 0) is 0 Å². The van der Waals surface area contributed by atoms with Crippen LogP contribution in [-0.4, -0.2) is 19.9 Å². The molecule has 0 aromatic rings. The predicted octanol–water partition coefficient (Wildman–Crippen LogP) is 0.493. The van der Waals surface area contributed by atoms with Gasteiger partial charge >= 0.3 is 0 Å². The van der Waals surface area contributed by atoms with E-state index in [1.807, 2.05) is 0 Å². The van der Waals surface area contributed by atoms with Gasteiger partial charge in [-0.2, -0.15) is 0 Å². The Kier molecular flexibility index (Phi) is 3.60. The molecule has 0 aliphatic rings. The van der Waals surface area contributed by atoms with Crippen molar-refractivity contribution in [2.75, 3.05) is 5.88 Å². The van der Waals surface area contributed by atoms with Crippen molar-refractivity contribution in [3.05, 3.63) is 0 Å². The van der Waals surface area contributed by atoms with E-state index in [2.05, 4.69) is 0 Å². The lowest BCUT2D eigenvalue weighted by atomic mass is 10.6. The van der Waals surface area contributed by atoms with Gasteiger partial charge in [0.15, 0.2) is 0 Å². The molecular formula is C3H6ClO2S-. The Morgan fingerprint density at radius 3 is 2.43 bits per heavy atom. The summed E-state index contributed by atoms with van der Waals surface area (Å²) in [6.45, 7) is 1.55. The lowest BCUT2D eigenvalue weighted by Gasteiger charge is -2.08. The maximum Gasteiger partial charge on any atom is 0.0353 e. The van der Waals surface area contributed by atoms with Crippen molar-refractivity contribution in [3.63, 3.8) is 0 Å². The third-order valence-corrected chi connectivity index (χ3v) is 2.02. The summed E-state index contributed by atoms with van der Waals surface area (Å²) >= 11 is 3.16. The summed E-state index contributed by atoms with van der Waals surface area (Å²) in [6.07, 6.45) is 0. The Bertz CT molecular complexity index is 75.3. The van der Waals surface area contributed by atoms with Gasteiger partial charge in [-0.1, -0.05) is 18.0 Å². The molecule has 0 aromatic heterocycles. The molecule has 0 radical (unpaired) electrons. The normalized spacial score (nSPS) is 18.7. The van der Waals surface area contributed by atoms with Crippen molar-refractivity contribution in [2.45, 2.75) is 12.2 Å². The monoisotopic (exact) mass is 141 g/mol. The van der Waals surface area contributed by atoms with Crippen LogP contribution in [0.2, 0.25) is 0 Å². The van der Waals surface area contributed by atoms with Crippen LogP contribution in [0.5, 0.6) is 0 Å². The zero-order valence-corrected chi connectivity index (χ0v) is 5.46. The summed E-state index contributed by atoms with van der Waals surface area (Å²) in [5.41, 5.74) is 0. The van der Waals surface area contributed by atoms with Crippen molar-refractivity contribution in [1.82, 2.24) is 0 Å². The second-order valence-corrected chi connectivity index (χ2v) is 2.86. The highest BCUT2D eigenvalue weighted by atomic mass is 35.5. The molecule has 0 saturated heterocycles. The Labute approximate surface area is 50.1 Å². The second-order valence-electron chi connectivity index (χ2n) is 1.23. The van der Waals surface area contributed by atoms with Crippen LogP contribution in [0.3, 0.4) is 0 Å². The quantitative estimate of drug-likeness (QED) is 0.415. The third-order valence-electron chi connectivity index (χ3n) is 0.546. The minimum Gasteiger partial charge on any atom is -0.772 e. The number of hydrogen-bond donors (Lipinski definition) is 0. The highest BCUT2D eigenvalue weighted by Crippen LogP contribution is 1.92. The first-order chi connectivity index (χ1) is 3.18. The summed E-state index contributed by atoms with van der Waals surface area (Å²) in [5.74, 6) is 0.177. The molecule has 2 nitrogen and oxygen atoms in total. The molecule has 0 rings (SSSR count). The molecule has 0 aliphatic carbocycles. The molecule has 0 saturated carbocycles. The fourth-order valence-corrected chi connectivity index (χ4v) is 0.463. The lowest BCUT2D eigenvalue weighted by Crippen LogP contribution is -2.10. The molecule has 0 N–H and O–H groups in total. The molecule has 7 heavy (non-hydrogen) atoms. The minimum atomic E-state index is -1.99. The average molecular weight is 142 g/mol. The van der Waals surface area contributed by atoms with Crippen LogP contribution in [0.1, 0.15) is 6.92 Å². The van der Waals surface area contributed by atoms with Gasteiger partial charge in [-0.15, -0.1) is 11.6 Å². The standard InChI is InChI=1S/C3H7ClO2S/c1-3(2-4)7(5)6/h3H,2H2,1H3,(H,5,6)/p-1. The van der Waals surface area contributed by atoms with Gasteiger partial charge in [0, 0.05) is 11.1 Å². The van der Waals surface area contributed by atoms with Crippen molar-refractivity contribution in [1.29, 1.82) is 0 Å². The van der Waals surface area contributed by atoms with E-state index in [-0.39, 0.29) is 5.88 Å². The van der Waals surface area contributed by atoms with Crippen LogP contribution in [0, 0.1) is 0 Å². The zero-order valence-electron chi connectivity index (χ0n) is 3.89. The molecule has 44 valence electrons. The third kappa shape index (κ3) is 3.02. The summed E-state index contributed by atoms with van der Waals surface area (Å²) < 4.78 is 19.7. The average Bonchev–Trinajstić information content (AvgIpc) is 1.65. The van der Waals surface area contributed by atoms with Gasteiger partial charge in [-0.3, -0.25) is 4.21 Å². The van der Waals surface area contributed by atoms with E-state index in [0.717, 1.165) is 0 Å². The van der Waals surface area contributed by atoms with Gasteiger partial charge in [-0.25, -0.2) is 0 Å². The molecule has 0 bridgehead atoms. The first kappa shape index (κ1) is 7.40. The van der Waals surface area contributed by atoms with E-state index in [4.69, 9.17) is 11.6 Å². The minimum absolute atomic E-state index is 0.177. The van der Waals surface area contributed by atoms with E-state index in [1.54, 1.807) is 6.92 Å². The molecular weight excluding hydrogens is 136 g/mol. The number of rotatable bonds is 2. The van der Waals surface area contributed by atoms with Gasteiger partial charge in [0.05, 0.1) is 0 Å². The van der Waals surface area contributed by atoms with Gasteiger partial charge in [0.25, 0.3) is 0 Å². The summed E-state index contributed by atoms with van der Waals surface area (Å²) in [4.78, 5) is 0. The van der Waals surface area contributed by atoms with Crippen molar-refractivity contribution in [3.8, 4) is 0 Å².